The van der Waals surface area contributed by atoms with E-state index < -0.39 is 5.91 Å². The third-order valence-corrected chi connectivity index (χ3v) is 3.52. The molecule has 0 unspecified atom stereocenters. The maximum absolute atomic E-state index is 11.7. The van der Waals surface area contributed by atoms with E-state index in [-0.39, 0.29) is 18.0 Å². The van der Waals surface area contributed by atoms with Gasteiger partial charge in [-0.2, -0.15) is 0 Å². The van der Waals surface area contributed by atoms with Crippen LogP contribution in [-0.4, -0.2) is 28.9 Å². The Bertz CT molecular complexity index is 735. The lowest BCUT2D eigenvalue weighted by Gasteiger charge is -2.05. The van der Waals surface area contributed by atoms with Crippen molar-refractivity contribution in [2.45, 2.75) is 0 Å². The van der Waals surface area contributed by atoms with Crippen molar-refractivity contribution >= 4 is 45.3 Å². The van der Waals surface area contributed by atoms with Crippen molar-refractivity contribution < 1.29 is 15.0 Å². The summed E-state index contributed by atoms with van der Waals surface area (Å²) in [5, 5.41) is 22.4. The Morgan fingerprint density at radius 2 is 2.05 bits per heavy atom. The largest absolute Gasteiger partial charge is 0.506 e. The Balaban J connectivity index is 2.01. The van der Waals surface area contributed by atoms with E-state index >= 15 is 0 Å². The Kier molecular flexibility index (Phi) is 5.41. The predicted octanol–water partition coefficient (Wildman–Crippen LogP) is 3.57. The highest BCUT2D eigenvalue weighted by Crippen LogP contribution is 2.30. The number of nitrogens with one attached hydrogen (secondary N) is 1. The lowest BCUT2D eigenvalue weighted by atomic mass is 10.2. The van der Waals surface area contributed by atoms with Gasteiger partial charge < -0.3 is 15.5 Å². The fourth-order valence-corrected chi connectivity index (χ4v) is 2.51. The van der Waals surface area contributed by atoms with E-state index in [4.69, 9.17) is 11.6 Å². The number of hydrogen-bond donors (Lipinski definition) is 3. The predicted molar refractivity (Wildman–Crippen MR) is 90.0 cm³/mol. The maximum atomic E-state index is 11.7. The highest BCUT2D eigenvalue weighted by Gasteiger charge is 2.07. The van der Waals surface area contributed by atoms with Crippen LogP contribution in [-0.2, 0) is 4.79 Å². The SMILES string of the molecule is O=C(CN=Cc1cc(Cl)cc(Br)c1O)Nc1ccccc1O. The zero-order chi connectivity index (χ0) is 16.1. The smallest absolute Gasteiger partial charge is 0.246 e. The quantitative estimate of drug-likeness (QED) is 0.557. The molecule has 0 radical (unpaired) electrons. The van der Waals surface area contributed by atoms with Gasteiger partial charge in [-0.05, 0) is 40.2 Å². The van der Waals surface area contributed by atoms with Gasteiger partial charge in [-0.15, -0.1) is 0 Å². The summed E-state index contributed by atoms with van der Waals surface area (Å²) in [5.41, 5.74) is 0.714. The van der Waals surface area contributed by atoms with Crippen LogP contribution in [0.3, 0.4) is 0 Å². The second-order valence-corrected chi connectivity index (χ2v) is 5.65. The van der Waals surface area contributed by atoms with Gasteiger partial charge in [-0.3, -0.25) is 9.79 Å². The molecule has 0 heterocycles. The summed E-state index contributed by atoms with van der Waals surface area (Å²) in [7, 11) is 0. The summed E-state index contributed by atoms with van der Waals surface area (Å²) >= 11 is 9.05. The van der Waals surface area contributed by atoms with Gasteiger partial charge in [-0.1, -0.05) is 23.7 Å². The summed E-state index contributed by atoms with van der Waals surface area (Å²) in [5.74, 6) is -0.413. The first-order chi connectivity index (χ1) is 10.5. The van der Waals surface area contributed by atoms with E-state index in [1.54, 1.807) is 24.3 Å². The minimum Gasteiger partial charge on any atom is -0.506 e. The van der Waals surface area contributed by atoms with Crippen molar-refractivity contribution in [3.8, 4) is 11.5 Å². The fourth-order valence-electron chi connectivity index (χ4n) is 1.68. The molecule has 0 bridgehead atoms. The van der Waals surface area contributed by atoms with Gasteiger partial charge in [0.25, 0.3) is 0 Å². The van der Waals surface area contributed by atoms with Crippen LogP contribution >= 0.6 is 27.5 Å². The van der Waals surface area contributed by atoms with Gasteiger partial charge in [0.1, 0.15) is 18.0 Å². The monoisotopic (exact) mass is 382 g/mol. The zero-order valence-electron chi connectivity index (χ0n) is 11.3. The van der Waals surface area contributed by atoms with Crippen LogP contribution in [0, 0.1) is 0 Å². The van der Waals surface area contributed by atoms with E-state index in [9.17, 15) is 15.0 Å². The average molecular weight is 384 g/mol. The highest BCUT2D eigenvalue weighted by atomic mass is 79.9. The third kappa shape index (κ3) is 4.22. The molecule has 7 heteroatoms. The third-order valence-electron chi connectivity index (χ3n) is 2.70. The number of carbonyl (C=O) groups excluding carboxylic acids is 1. The molecular formula is C15H12BrClN2O3. The molecule has 0 saturated carbocycles. The van der Waals surface area contributed by atoms with Crippen LogP contribution in [0.2, 0.25) is 5.02 Å². The van der Waals surface area contributed by atoms with Gasteiger partial charge in [-0.25, -0.2) is 0 Å². The van der Waals surface area contributed by atoms with Crippen LogP contribution in [0.4, 0.5) is 5.69 Å². The summed E-state index contributed by atoms with van der Waals surface area (Å²) in [6.45, 7) is -0.155. The fraction of sp³-hybridized carbons (Fsp3) is 0.0667. The Morgan fingerprint density at radius 3 is 2.77 bits per heavy atom. The van der Waals surface area contributed by atoms with E-state index in [0.717, 1.165) is 0 Å². The summed E-state index contributed by atoms with van der Waals surface area (Å²) in [4.78, 5) is 15.7. The van der Waals surface area contributed by atoms with Crippen molar-refractivity contribution in [1.29, 1.82) is 0 Å². The van der Waals surface area contributed by atoms with E-state index in [2.05, 4.69) is 26.2 Å². The molecule has 3 N–H and O–H groups in total. The Hall–Kier alpha value is -2.05. The van der Waals surface area contributed by atoms with Crippen LogP contribution in [0.5, 0.6) is 11.5 Å². The molecule has 2 rings (SSSR count). The molecule has 1 amide bonds. The molecular weight excluding hydrogens is 372 g/mol. The second-order valence-electron chi connectivity index (χ2n) is 4.36. The normalized spacial score (nSPS) is 10.8. The molecule has 0 aliphatic carbocycles. The van der Waals surface area contributed by atoms with Gasteiger partial charge in [0.2, 0.25) is 5.91 Å². The summed E-state index contributed by atoms with van der Waals surface area (Å²) in [6, 6.07) is 9.49. The molecule has 0 aromatic heterocycles. The lowest BCUT2D eigenvalue weighted by molar-refractivity contribution is -0.114. The molecule has 114 valence electrons. The Morgan fingerprint density at radius 1 is 1.32 bits per heavy atom. The first-order valence-electron chi connectivity index (χ1n) is 6.23. The number of rotatable bonds is 4. The second kappa shape index (κ2) is 7.29. The number of anilines is 1. The summed E-state index contributed by atoms with van der Waals surface area (Å²) < 4.78 is 0.445. The highest BCUT2D eigenvalue weighted by molar-refractivity contribution is 9.10. The number of carbonyl (C=O) groups is 1. The minimum absolute atomic E-state index is 0.00531. The molecule has 0 fully saturated rings. The van der Waals surface area contributed by atoms with Crippen LogP contribution in [0.1, 0.15) is 5.56 Å². The number of aromatic hydroxyl groups is 2. The number of phenolic OH excluding ortho intramolecular Hbond substituents is 2. The topological polar surface area (TPSA) is 81.9 Å². The number of nitrogens with zero attached hydrogens (tertiary/aromatic N) is 1. The first-order valence-corrected chi connectivity index (χ1v) is 7.40. The lowest BCUT2D eigenvalue weighted by Crippen LogP contribution is -2.14. The van der Waals surface area contributed by atoms with Crippen molar-refractivity contribution in [3.05, 3.63) is 51.5 Å². The van der Waals surface area contributed by atoms with E-state index in [1.807, 2.05) is 0 Å². The molecule has 0 aliphatic heterocycles. The average Bonchev–Trinajstić information content (AvgIpc) is 2.46. The molecule has 0 saturated heterocycles. The number of halogens is 2. The van der Waals surface area contributed by atoms with Gasteiger partial charge in [0, 0.05) is 16.8 Å². The standard InChI is InChI=1S/C15H12BrClN2O3/c16-11-6-10(17)5-9(15(11)22)7-18-8-14(21)19-12-3-1-2-4-13(12)20/h1-7,20,22H,8H2,(H,19,21). The maximum Gasteiger partial charge on any atom is 0.246 e. The van der Waals surface area contributed by atoms with Crippen molar-refractivity contribution in [2.75, 3.05) is 11.9 Å². The van der Waals surface area contributed by atoms with E-state index in [0.29, 0.717) is 20.7 Å². The number of para-hydroxylation sites is 2. The van der Waals surface area contributed by atoms with Gasteiger partial charge >= 0.3 is 0 Å². The number of benzene rings is 2. The van der Waals surface area contributed by atoms with Gasteiger partial charge in [0.05, 0.1) is 10.2 Å². The first kappa shape index (κ1) is 16.3. The molecule has 0 aliphatic rings. The van der Waals surface area contributed by atoms with Crippen LogP contribution in [0.15, 0.2) is 45.9 Å². The van der Waals surface area contributed by atoms with Gasteiger partial charge in [0.15, 0.2) is 0 Å². The molecule has 2 aromatic carbocycles. The number of hydrogen-bond acceptors (Lipinski definition) is 4. The van der Waals surface area contributed by atoms with Crippen LogP contribution < -0.4 is 5.32 Å². The van der Waals surface area contributed by atoms with Crippen molar-refractivity contribution in [3.63, 3.8) is 0 Å². The number of phenols is 2. The van der Waals surface area contributed by atoms with Crippen molar-refractivity contribution in [2.24, 2.45) is 4.99 Å². The number of aliphatic imine (C=N–C) groups is 1. The van der Waals surface area contributed by atoms with E-state index in [1.165, 1.54) is 18.3 Å². The minimum atomic E-state index is -0.390. The molecule has 0 spiro atoms. The Labute approximate surface area is 140 Å². The number of amides is 1. The van der Waals surface area contributed by atoms with Crippen molar-refractivity contribution in [1.82, 2.24) is 0 Å². The molecule has 5 nitrogen and oxygen atoms in total. The molecule has 0 atom stereocenters. The summed E-state index contributed by atoms with van der Waals surface area (Å²) in [6.07, 6.45) is 1.36. The van der Waals surface area contributed by atoms with Crippen LogP contribution in [0.25, 0.3) is 0 Å². The molecule has 22 heavy (non-hydrogen) atoms. The zero-order valence-corrected chi connectivity index (χ0v) is 13.6. The molecule has 2 aromatic rings.